The van der Waals surface area contributed by atoms with Crippen LogP contribution in [0.1, 0.15) is 21.5 Å². The van der Waals surface area contributed by atoms with Crippen molar-refractivity contribution >= 4 is 17.6 Å². The fraction of sp³-hybridized carbons (Fsp3) is 0.130. The maximum absolute atomic E-state index is 12.3. The van der Waals surface area contributed by atoms with Crippen LogP contribution < -0.4 is 5.32 Å². The van der Waals surface area contributed by atoms with Crippen molar-refractivity contribution in [3.8, 4) is 11.1 Å². The minimum atomic E-state index is -0.510. The molecule has 0 aliphatic heterocycles. The summed E-state index contributed by atoms with van der Waals surface area (Å²) in [6.45, 7) is 3.57. The Labute approximate surface area is 158 Å². The van der Waals surface area contributed by atoms with Crippen LogP contribution in [0.3, 0.4) is 0 Å². The van der Waals surface area contributed by atoms with E-state index in [0.717, 1.165) is 22.3 Å². The molecular weight excluding hydrogens is 338 g/mol. The van der Waals surface area contributed by atoms with Crippen molar-refractivity contribution in [1.82, 2.24) is 0 Å². The molecule has 0 radical (unpaired) electrons. The number of anilines is 1. The van der Waals surface area contributed by atoms with E-state index in [0.29, 0.717) is 11.3 Å². The minimum absolute atomic E-state index is 0.338. The Kier molecular flexibility index (Phi) is 5.67. The number of esters is 1. The molecule has 0 aliphatic rings. The van der Waals surface area contributed by atoms with Gasteiger partial charge in [0, 0.05) is 11.3 Å². The SMILES string of the molecule is Cc1ccc(C(=O)OCC(=O)Nc2ccccc2-c2ccccc2)cc1C. The van der Waals surface area contributed by atoms with Gasteiger partial charge in [-0.1, -0.05) is 54.6 Å². The standard InChI is InChI=1S/C23H21NO3/c1-16-12-13-19(14-17(16)2)23(26)27-15-22(25)24-21-11-7-6-10-20(21)18-8-4-3-5-9-18/h3-14H,15H2,1-2H3,(H,24,25). The van der Waals surface area contributed by atoms with Gasteiger partial charge in [-0.3, -0.25) is 4.79 Å². The molecule has 0 fully saturated rings. The van der Waals surface area contributed by atoms with Gasteiger partial charge in [0.1, 0.15) is 0 Å². The number of amides is 1. The fourth-order valence-corrected chi connectivity index (χ4v) is 2.73. The zero-order chi connectivity index (χ0) is 19.2. The van der Waals surface area contributed by atoms with E-state index in [1.54, 1.807) is 12.1 Å². The maximum Gasteiger partial charge on any atom is 0.338 e. The monoisotopic (exact) mass is 359 g/mol. The van der Waals surface area contributed by atoms with Gasteiger partial charge in [0.25, 0.3) is 5.91 Å². The molecule has 3 aromatic carbocycles. The van der Waals surface area contributed by atoms with Crippen LogP contribution in [0, 0.1) is 13.8 Å². The molecule has 0 bridgehead atoms. The van der Waals surface area contributed by atoms with Crippen molar-refractivity contribution < 1.29 is 14.3 Å². The first kappa shape index (κ1) is 18.4. The predicted octanol–water partition coefficient (Wildman–Crippen LogP) is 4.77. The lowest BCUT2D eigenvalue weighted by Crippen LogP contribution is -2.21. The van der Waals surface area contributed by atoms with Crippen LogP contribution in [0.2, 0.25) is 0 Å². The lowest BCUT2D eigenvalue weighted by Gasteiger charge is -2.12. The average Bonchev–Trinajstić information content (AvgIpc) is 2.69. The average molecular weight is 359 g/mol. The highest BCUT2D eigenvalue weighted by molar-refractivity contribution is 5.98. The van der Waals surface area contributed by atoms with Crippen molar-refractivity contribution in [3.63, 3.8) is 0 Å². The van der Waals surface area contributed by atoms with Gasteiger partial charge in [-0.15, -0.1) is 0 Å². The Morgan fingerprint density at radius 1 is 0.852 bits per heavy atom. The predicted molar refractivity (Wildman–Crippen MR) is 107 cm³/mol. The van der Waals surface area contributed by atoms with Gasteiger partial charge in [-0.2, -0.15) is 0 Å². The van der Waals surface area contributed by atoms with Gasteiger partial charge in [0.15, 0.2) is 6.61 Å². The molecule has 4 heteroatoms. The van der Waals surface area contributed by atoms with E-state index in [9.17, 15) is 9.59 Å². The summed E-state index contributed by atoms with van der Waals surface area (Å²) < 4.78 is 5.15. The summed E-state index contributed by atoms with van der Waals surface area (Å²) in [5.41, 5.74) is 5.13. The van der Waals surface area contributed by atoms with Gasteiger partial charge in [-0.05, 0) is 48.7 Å². The highest BCUT2D eigenvalue weighted by atomic mass is 16.5. The van der Waals surface area contributed by atoms with Gasteiger partial charge >= 0.3 is 5.97 Å². The third kappa shape index (κ3) is 4.61. The quantitative estimate of drug-likeness (QED) is 0.668. The molecule has 0 saturated carbocycles. The zero-order valence-electron chi connectivity index (χ0n) is 15.4. The second-order valence-electron chi connectivity index (χ2n) is 6.33. The Morgan fingerprint density at radius 2 is 1.56 bits per heavy atom. The van der Waals surface area contributed by atoms with E-state index >= 15 is 0 Å². The van der Waals surface area contributed by atoms with E-state index in [1.807, 2.05) is 74.5 Å². The summed E-state index contributed by atoms with van der Waals surface area (Å²) in [7, 11) is 0. The highest BCUT2D eigenvalue weighted by Crippen LogP contribution is 2.27. The van der Waals surface area contributed by atoms with Crippen LogP contribution in [0.15, 0.2) is 72.8 Å². The fourth-order valence-electron chi connectivity index (χ4n) is 2.73. The minimum Gasteiger partial charge on any atom is -0.452 e. The third-order valence-electron chi connectivity index (χ3n) is 4.36. The number of benzene rings is 3. The third-order valence-corrected chi connectivity index (χ3v) is 4.36. The summed E-state index contributed by atoms with van der Waals surface area (Å²) in [6, 6.07) is 22.6. The lowest BCUT2D eigenvalue weighted by atomic mass is 10.0. The molecule has 0 saturated heterocycles. The number of para-hydroxylation sites is 1. The zero-order valence-corrected chi connectivity index (χ0v) is 15.4. The van der Waals surface area contributed by atoms with Gasteiger partial charge in [0.2, 0.25) is 0 Å². The molecule has 0 unspecified atom stereocenters. The molecule has 27 heavy (non-hydrogen) atoms. The first-order valence-electron chi connectivity index (χ1n) is 8.73. The maximum atomic E-state index is 12.3. The number of carbonyl (C=O) groups excluding carboxylic acids is 2. The summed E-state index contributed by atoms with van der Waals surface area (Å²) >= 11 is 0. The molecule has 0 heterocycles. The normalized spacial score (nSPS) is 10.3. The molecule has 0 aromatic heterocycles. The number of hydrogen-bond donors (Lipinski definition) is 1. The van der Waals surface area contributed by atoms with Crippen LogP contribution in [-0.2, 0) is 9.53 Å². The van der Waals surface area contributed by atoms with Crippen molar-refractivity contribution in [2.45, 2.75) is 13.8 Å². The molecule has 4 nitrogen and oxygen atoms in total. The Bertz CT molecular complexity index is 964. The smallest absolute Gasteiger partial charge is 0.338 e. The molecule has 1 amide bonds. The van der Waals surface area contributed by atoms with Crippen LogP contribution in [0.5, 0.6) is 0 Å². The van der Waals surface area contributed by atoms with Gasteiger partial charge in [0.05, 0.1) is 5.56 Å². The number of ether oxygens (including phenoxy) is 1. The first-order valence-corrected chi connectivity index (χ1v) is 8.73. The molecule has 0 aliphatic carbocycles. The van der Waals surface area contributed by atoms with Crippen molar-refractivity contribution in [3.05, 3.63) is 89.5 Å². The number of rotatable bonds is 5. The van der Waals surface area contributed by atoms with Crippen molar-refractivity contribution in [1.29, 1.82) is 0 Å². The summed E-state index contributed by atoms with van der Waals surface area (Å²) in [4.78, 5) is 24.4. The second-order valence-corrected chi connectivity index (χ2v) is 6.33. The van der Waals surface area contributed by atoms with E-state index < -0.39 is 5.97 Å². The molecule has 3 rings (SSSR count). The van der Waals surface area contributed by atoms with E-state index in [2.05, 4.69) is 5.32 Å². The molecule has 3 aromatic rings. The summed E-state index contributed by atoms with van der Waals surface area (Å²) in [5, 5.41) is 2.82. The van der Waals surface area contributed by atoms with E-state index in [4.69, 9.17) is 4.74 Å². The lowest BCUT2D eigenvalue weighted by molar-refractivity contribution is -0.119. The van der Waals surface area contributed by atoms with Crippen LogP contribution >= 0.6 is 0 Å². The Morgan fingerprint density at radius 3 is 2.30 bits per heavy atom. The number of nitrogens with one attached hydrogen (secondary N) is 1. The number of aryl methyl sites for hydroxylation is 2. The Hall–Kier alpha value is -3.40. The highest BCUT2D eigenvalue weighted by Gasteiger charge is 2.13. The number of hydrogen-bond acceptors (Lipinski definition) is 3. The summed E-state index contributed by atoms with van der Waals surface area (Å²) in [5.74, 6) is -0.889. The number of carbonyl (C=O) groups is 2. The summed E-state index contributed by atoms with van der Waals surface area (Å²) in [6.07, 6.45) is 0. The topological polar surface area (TPSA) is 55.4 Å². The second kappa shape index (κ2) is 8.32. The van der Waals surface area contributed by atoms with Crippen molar-refractivity contribution in [2.75, 3.05) is 11.9 Å². The van der Waals surface area contributed by atoms with E-state index in [-0.39, 0.29) is 12.5 Å². The molecular formula is C23H21NO3. The largest absolute Gasteiger partial charge is 0.452 e. The molecule has 0 spiro atoms. The molecule has 1 N–H and O–H groups in total. The van der Waals surface area contributed by atoms with Gasteiger partial charge < -0.3 is 10.1 Å². The van der Waals surface area contributed by atoms with Crippen LogP contribution in [-0.4, -0.2) is 18.5 Å². The molecule has 136 valence electrons. The Balaban J connectivity index is 1.65. The molecule has 0 atom stereocenters. The van der Waals surface area contributed by atoms with Crippen molar-refractivity contribution in [2.24, 2.45) is 0 Å². The first-order chi connectivity index (χ1) is 13.0. The van der Waals surface area contributed by atoms with E-state index in [1.165, 1.54) is 0 Å². The van der Waals surface area contributed by atoms with Crippen LogP contribution in [0.4, 0.5) is 5.69 Å². The van der Waals surface area contributed by atoms with Crippen LogP contribution in [0.25, 0.3) is 11.1 Å². The van der Waals surface area contributed by atoms with Gasteiger partial charge in [-0.25, -0.2) is 4.79 Å².